The van der Waals surface area contributed by atoms with Gasteiger partial charge in [-0.3, -0.25) is 0 Å². The summed E-state index contributed by atoms with van der Waals surface area (Å²) in [6.07, 6.45) is 0. The van der Waals surface area contributed by atoms with Gasteiger partial charge in [0.25, 0.3) is 0 Å². The molecule has 0 N–H and O–H groups in total. The topological polar surface area (TPSA) is 63.7 Å². The molecule has 2 heterocycles. The molecule has 50 heavy (non-hydrogen) atoms. The van der Waals surface area contributed by atoms with Gasteiger partial charge in [0.05, 0.1) is 22.1 Å². The minimum absolute atomic E-state index is 0.843. The predicted molar refractivity (Wildman–Crippen MR) is 212 cm³/mol. The van der Waals surface area contributed by atoms with E-state index in [1.54, 1.807) is 0 Å². The first kappa shape index (κ1) is 35.0. The third-order valence-electron chi connectivity index (χ3n) is 9.06. The van der Waals surface area contributed by atoms with Crippen molar-refractivity contribution in [1.29, 1.82) is 0 Å². The van der Waals surface area contributed by atoms with Gasteiger partial charge in [0.2, 0.25) is 11.0 Å². The molecule has 0 aliphatic heterocycles. The number of hydrogen-bond donors (Lipinski definition) is 0. The summed E-state index contributed by atoms with van der Waals surface area (Å²) in [5, 5.41) is 20.5. The van der Waals surface area contributed by atoms with Gasteiger partial charge in [0.15, 0.2) is 11.4 Å². The highest BCUT2D eigenvalue weighted by atomic mass is 33.1. The Morgan fingerprint density at radius 3 is 1.30 bits per heavy atom. The second-order valence-corrected chi connectivity index (χ2v) is 15.1. The van der Waals surface area contributed by atoms with Crippen molar-refractivity contribution in [3.63, 3.8) is 0 Å². The Hall–Kier alpha value is -4.80. The normalized spacial score (nSPS) is 11.7. The summed E-state index contributed by atoms with van der Waals surface area (Å²) in [6, 6.07) is 37.4. The minimum atomic E-state index is 0.843. The zero-order chi connectivity index (χ0) is 35.0. The predicted octanol–water partition coefficient (Wildman–Crippen LogP) is 10.0. The molecule has 0 bridgehead atoms. The van der Waals surface area contributed by atoms with Crippen LogP contribution in [0.5, 0.6) is 0 Å². The standard InChI is InChI=1S/C40H44N8S2/c1-29-27-37(35-11-7-9-13-39(35)47(29)5)43-41-31-15-19-33(20-16-31)45(3)23-25-49-50-26-24-46(4)34-21-17-32(18-22-34)42-44-38-28-30(2)48(6)40-14-10-8-12-36(38)40/h7-22,27-28H,23-26H2,1-6H3/q+2. The third kappa shape index (κ3) is 8.31. The molecule has 8 nitrogen and oxygen atoms in total. The van der Waals surface area contributed by atoms with Crippen LogP contribution >= 0.6 is 21.6 Å². The Kier molecular flexibility index (Phi) is 11.4. The summed E-state index contributed by atoms with van der Waals surface area (Å²) in [5.74, 6) is 2.08. The molecular formula is C40H44N8S2+2. The lowest BCUT2D eigenvalue weighted by Crippen LogP contribution is -2.32. The van der Waals surface area contributed by atoms with Gasteiger partial charge in [0, 0.05) is 88.2 Å². The molecule has 0 radical (unpaired) electrons. The van der Waals surface area contributed by atoms with Gasteiger partial charge in [-0.25, -0.2) is 0 Å². The van der Waals surface area contributed by atoms with Gasteiger partial charge >= 0.3 is 0 Å². The molecule has 0 atom stereocenters. The number of aryl methyl sites for hydroxylation is 4. The molecule has 2 aromatic heterocycles. The molecule has 0 amide bonds. The molecule has 0 unspecified atom stereocenters. The van der Waals surface area contributed by atoms with E-state index in [0.29, 0.717) is 0 Å². The second-order valence-electron chi connectivity index (χ2n) is 12.4. The zero-order valence-electron chi connectivity index (χ0n) is 29.6. The maximum absolute atomic E-state index is 4.61. The summed E-state index contributed by atoms with van der Waals surface area (Å²) >= 11 is 0. The molecule has 0 saturated carbocycles. The second kappa shape index (κ2) is 16.3. The van der Waals surface area contributed by atoms with Crippen molar-refractivity contribution < 1.29 is 9.13 Å². The lowest BCUT2D eigenvalue weighted by molar-refractivity contribution is -0.651. The highest BCUT2D eigenvalue weighted by Gasteiger charge is 2.14. The first-order chi connectivity index (χ1) is 24.3. The quantitative estimate of drug-likeness (QED) is 0.0521. The molecule has 4 aromatic carbocycles. The Bertz CT molecular complexity index is 1990. The van der Waals surface area contributed by atoms with Crippen LogP contribution in [0.4, 0.5) is 34.1 Å². The van der Waals surface area contributed by atoms with Crippen molar-refractivity contribution in [2.24, 2.45) is 34.6 Å². The summed E-state index contributed by atoms with van der Waals surface area (Å²) in [4.78, 5) is 4.57. The number of pyridine rings is 2. The molecule has 0 saturated heterocycles. The number of benzene rings is 4. The van der Waals surface area contributed by atoms with E-state index in [1.165, 1.54) is 11.4 Å². The fourth-order valence-electron chi connectivity index (χ4n) is 5.75. The lowest BCUT2D eigenvalue weighted by Gasteiger charge is -2.20. The summed E-state index contributed by atoms with van der Waals surface area (Å²) < 4.78 is 4.36. The van der Waals surface area contributed by atoms with Gasteiger partial charge in [-0.15, -0.1) is 10.2 Å². The van der Waals surface area contributed by atoms with E-state index in [4.69, 9.17) is 0 Å². The molecule has 0 fully saturated rings. The highest BCUT2D eigenvalue weighted by Crippen LogP contribution is 2.30. The third-order valence-corrected chi connectivity index (χ3v) is 11.4. The smallest absolute Gasteiger partial charge is 0.214 e. The van der Waals surface area contributed by atoms with Crippen molar-refractivity contribution in [2.75, 3.05) is 48.5 Å². The maximum Gasteiger partial charge on any atom is 0.214 e. The van der Waals surface area contributed by atoms with Crippen LogP contribution in [-0.2, 0) is 14.1 Å². The number of azo groups is 2. The monoisotopic (exact) mass is 700 g/mol. The first-order valence-electron chi connectivity index (χ1n) is 16.8. The van der Waals surface area contributed by atoms with Crippen molar-refractivity contribution >= 4 is 77.5 Å². The van der Waals surface area contributed by atoms with Crippen LogP contribution in [0.25, 0.3) is 21.8 Å². The molecule has 0 spiro atoms. The van der Waals surface area contributed by atoms with Crippen LogP contribution in [0, 0.1) is 13.8 Å². The van der Waals surface area contributed by atoms with Crippen LogP contribution < -0.4 is 18.9 Å². The molecule has 254 valence electrons. The zero-order valence-corrected chi connectivity index (χ0v) is 31.2. The fourth-order valence-corrected chi connectivity index (χ4v) is 7.84. The van der Waals surface area contributed by atoms with E-state index in [1.807, 2.05) is 58.0 Å². The van der Waals surface area contributed by atoms with E-state index < -0.39 is 0 Å². The summed E-state index contributed by atoms with van der Waals surface area (Å²) in [6.45, 7) is 6.12. The Morgan fingerprint density at radius 2 is 0.900 bits per heavy atom. The fraction of sp³-hybridized carbons (Fsp3) is 0.250. The van der Waals surface area contributed by atoms with Crippen molar-refractivity contribution in [3.8, 4) is 0 Å². The van der Waals surface area contributed by atoms with Crippen LogP contribution in [0.3, 0.4) is 0 Å². The Morgan fingerprint density at radius 1 is 0.520 bits per heavy atom. The minimum Gasteiger partial charge on any atom is -0.374 e. The van der Waals surface area contributed by atoms with Crippen LogP contribution in [0.15, 0.2) is 130 Å². The molecule has 6 aromatic rings. The van der Waals surface area contributed by atoms with Crippen LogP contribution in [0.1, 0.15) is 11.4 Å². The number of rotatable bonds is 13. The largest absolute Gasteiger partial charge is 0.374 e. The van der Waals surface area contributed by atoms with Crippen molar-refractivity contribution in [2.45, 2.75) is 13.8 Å². The SMILES string of the molecule is Cc1cc(N=Nc2ccc(N(C)CCSSCCN(C)c3ccc(N=Nc4cc(C)[n+](C)c5ccccc45)cc3)cc2)c2ccccc2[n+]1C. The van der Waals surface area contributed by atoms with Gasteiger partial charge in [0.1, 0.15) is 25.5 Å². The van der Waals surface area contributed by atoms with E-state index in [2.05, 4.69) is 154 Å². The molecule has 6 rings (SSSR count). The molecule has 0 aliphatic rings. The maximum atomic E-state index is 4.61. The van der Waals surface area contributed by atoms with E-state index in [-0.39, 0.29) is 0 Å². The van der Waals surface area contributed by atoms with Crippen molar-refractivity contribution in [3.05, 3.63) is 121 Å². The van der Waals surface area contributed by atoms with E-state index >= 15 is 0 Å². The lowest BCUT2D eigenvalue weighted by atomic mass is 10.1. The number of fused-ring (bicyclic) bond motifs is 2. The van der Waals surface area contributed by atoms with E-state index in [9.17, 15) is 0 Å². The van der Waals surface area contributed by atoms with Gasteiger partial charge in [-0.05, 0) is 60.7 Å². The van der Waals surface area contributed by atoms with Gasteiger partial charge < -0.3 is 9.80 Å². The molecule has 10 heteroatoms. The van der Waals surface area contributed by atoms with Crippen LogP contribution in [0.2, 0.25) is 0 Å². The van der Waals surface area contributed by atoms with Gasteiger partial charge in [-0.1, -0.05) is 45.9 Å². The average Bonchev–Trinajstić information content (AvgIpc) is 3.15. The van der Waals surface area contributed by atoms with E-state index in [0.717, 1.165) is 80.5 Å². The first-order valence-corrected chi connectivity index (χ1v) is 19.2. The average molecular weight is 701 g/mol. The molecular weight excluding hydrogens is 657 g/mol. The number of hydrogen-bond acceptors (Lipinski definition) is 8. The Labute approximate surface area is 303 Å². The van der Waals surface area contributed by atoms with Crippen molar-refractivity contribution in [1.82, 2.24) is 0 Å². The number of anilines is 2. The van der Waals surface area contributed by atoms with Gasteiger partial charge in [-0.2, -0.15) is 19.4 Å². The molecule has 0 aliphatic carbocycles. The number of nitrogens with zero attached hydrogens (tertiary/aromatic N) is 8. The number of aromatic nitrogens is 2. The summed E-state index contributed by atoms with van der Waals surface area (Å²) in [5.41, 5.74) is 10.4. The highest BCUT2D eigenvalue weighted by molar-refractivity contribution is 8.76. The van der Waals surface area contributed by atoms with Crippen LogP contribution in [-0.4, -0.2) is 38.7 Å². The Balaban J connectivity index is 0.927. The number of para-hydroxylation sites is 2. The summed E-state index contributed by atoms with van der Waals surface area (Å²) in [7, 11) is 12.3.